The number of amides is 1. The lowest BCUT2D eigenvalue weighted by Gasteiger charge is -2.30. The van der Waals surface area contributed by atoms with Crippen LogP contribution in [0.25, 0.3) is 0 Å². The Kier molecular flexibility index (Phi) is 4.91. The third kappa shape index (κ3) is 3.66. The van der Waals surface area contributed by atoms with Crippen LogP contribution in [0.4, 0.5) is 0 Å². The van der Waals surface area contributed by atoms with E-state index in [1.54, 1.807) is 0 Å². The van der Waals surface area contributed by atoms with Crippen LogP contribution in [0.3, 0.4) is 0 Å². The van der Waals surface area contributed by atoms with Crippen molar-refractivity contribution in [2.45, 2.75) is 31.8 Å². The summed E-state index contributed by atoms with van der Waals surface area (Å²) in [4.78, 5) is 14.1. The number of rotatable bonds is 5. The first-order valence-electron chi connectivity index (χ1n) is 6.18. The van der Waals surface area contributed by atoms with Gasteiger partial charge in [0.25, 0.3) is 0 Å². The smallest absolute Gasteiger partial charge is 0.242 e. The molecule has 1 aliphatic rings. The lowest BCUT2D eigenvalue weighted by Crippen LogP contribution is -2.56. The minimum absolute atomic E-state index is 0.0949. The van der Waals surface area contributed by atoms with E-state index in [0.717, 1.165) is 0 Å². The quantitative estimate of drug-likeness (QED) is 0.702. The summed E-state index contributed by atoms with van der Waals surface area (Å²) in [6.07, 6.45) is 0.604. The first kappa shape index (κ1) is 14.4. The summed E-state index contributed by atoms with van der Waals surface area (Å²) in [5, 5.41) is 2.94. The van der Waals surface area contributed by atoms with Gasteiger partial charge in [0.2, 0.25) is 5.91 Å². The van der Waals surface area contributed by atoms with Gasteiger partial charge in [-0.2, -0.15) is 0 Å². The molecule has 0 aromatic rings. The molecule has 17 heavy (non-hydrogen) atoms. The summed E-state index contributed by atoms with van der Waals surface area (Å²) in [6.45, 7) is 5.82. The first-order valence-corrected chi connectivity index (χ1v) is 6.18. The predicted molar refractivity (Wildman–Crippen MR) is 67.7 cm³/mol. The molecule has 1 heterocycles. The first-order chi connectivity index (χ1) is 7.87. The molecule has 100 valence electrons. The van der Waals surface area contributed by atoms with Gasteiger partial charge in [0.1, 0.15) is 5.54 Å². The van der Waals surface area contributed by atoms with Gasteiger partial charge < -0.3 is 20.7 Å². The van der Waals surface area contributed by atoms with Crippen LogP contribution in [-0.4, -0.2) is 56.2 Å². The van der Waals surface area contributed by atoms with Crippen molar-refractivity contribution in [1.29, 1.82) is 0 Å². The lowest BCUT2D eigenvalue weighted by molar-refractivity contribution is -0.126. The Morgan fingerprint density at radius 2 is 2.18 bits per heavy atom. The van der Waals surface area contributed by atoms with E-state index >= 15 is 0 Å². The summed E-state index contributed by atoms with van der Waals surface area (Å²) in [6, 6.07) is 0.324. The van der Waals surface area contributed by atoms with Crippen molar-refractivity contribution in [2.75, 3.05) is 33.9 Å². The van der Waals surface area contributed by atoms with E-state index in [9.17, 15) is 4.79 Å². The summed E-state index contributed by atoms with van der Waals surface area (Å²) >= 11 is 0. The topological polar surface area (TPSA) is 67.6 Å². The Morgan fingerprint density at radius 3 is 2.59 bits per heavy atom. The maximum Gasteiger partial charge on any atom is 0.242 e. The average Bonchev–Trinajstić information content (AvgIpc) is 2.65. The predicted octanol–water partition coefficient (Wildman–Crippen LogP) is -0.193. The highest BCUT2D eigenvalue weighted by Crippen LogP contribution is 2.15. The Labute approximate surface area is 104 Å². The summed E-state index contributed by atoms with van der Waals surface area (Å²) < 4.78 is 5.19. The molecule has 1 rings (SSSR count). The lowest BCUT2D eigenvalue weighted by atomic mass is 9.98. The molecular formula is C12H25N3O2. The fourth-order valence-corrected chi connectivity index (χ4v) is 2.15. The molecule has 5 nitrogen and oxygen atoms in total. The number of nitrogens with zero attached hydrogens (tertiary/aromatic N) is 1. The minimum Gasteiger partial charge on any atom is -0.379 e. The van der Waals surface area contributed by atoms with E-state index in [4.69, 9.17) is 10.5 Å². The molecule has 5 heteroatoms. The molecule has 0 spiro atoms. The average molecular weight is 243 g/mol. The van der Waals surface area contributed by atoms with Crippen molar-refractivity contribution in [3.05, 3.63) is 0 Å². The zero-order valence-electron chi connectivity index (χ0n) is 11.3. The van der Waals surface area contributed by atoms with E-state index in [1.165, 1.54) is 0 Å². The number of hydrogen-bond acceptors (Lipinski definition) is 4. The number of nitrogens with two attached hydrogens (primary N) is 1. The van der Waals surface area contributed by atoms with Crippen molar-refractivity contribution < 1.29 is 9.53 Å². The Bertz CT molecular complexity index is 252. The van der Waals surface area contributed by atoms with Crippen LogP contribution in [0.15, 0.2) is 0 Å². The van der Waals surface area contributed by atoms with Crippen LogP contribution in [-0.2, 0) is 9.53 Å². The minimum atomic E-state index is -0.826. The highest BCUT2D eigenvalue weighted by molar-refractivity contribution is 5.86. The molecule has 0 bridgehead atoms. The van der Waals surface area contributed by atoms with Gasteiger partial charge in [0, 0.05) is 19.2 Å². The van der Waals surface area contributed by atoms with Gasteiger partial charge in [-0.15, -0.1) is 0 Å². The second-order valence-corrected chi connectivity index (χ2v) is 5.44. The van der Waals surface area contributed by atoms with Crippen LogP contribution in [0.1, 0.15) is 20.3 Å². The maximum atomic E-state index is 12.0. The second kappa shape index (κ2) is 5.80. The third-order valence-corrected chi connectivity index (χ3v) is 3.41. The largest absolute Gasteiger partial charge is 0.379 e. The van der Waals surface area contributed by atoms with E-state index in [-0.39, 0.29) is 5.91 Å². The molecule has 1 aliphatic heterocycles. The molecule has 1 fully saturated rings. The molecule has 2 atom stereocenters. The standard InChI is InChI=1S/C12H25N3O2/c1-9(2)10(15(3)4)7-14-11(16)12(13)5-6-17-8-12/h9-10H,5-8,13H2,1-4H3,(H,14,16). The van der Waals surface area contributed by atoms with Crippen LogP contribution in [0.2, 0.25) is 0 Å². The fraction of sp³-hybridized carbons (Fsp3) is 0.917. The van der Waals surface area contributed by atoms with Crippen molar-refractivity contribution in [3.8, 4) is 0 Å². The Morgan fingerprint density at radius 1 is 1.53 bits per heavy atom. The molecule has 1 amide bonds. The van der Waals surface area contributed by atoms with E-state index in [1.807, 2.05) is 14.1 Å². The SMILES string of the molecule is CC(C)C(CNC(=O)C1(N)CCOC1)N(C)C. The Balaban J connectivity index is 2.46. The van der Waals surface area contributed by atoms with Gasteiger partial charge >= 0.3 is 0 Å². The molecule has 0 aromatic carbocycles. The maximum absolute atomic E-state index is 12.0. The van der Waals surface area contributed by atoms with Gasteiger partial charge in [-0.25, -0.2) is 0 Å². The zero-order valence-corrected chi connectivity index (χ0v) is 11.3. The highest BCUT2D eigenvalue weighted by atomic mass is 16.5. The molecule has 3 N–H and O–H groups in total. The number of ether oxygens (including phenoxy) is 1. The van der Waals surface area contributed by atoms with E-state index in [0.29, 0.717) is 38.1 Å². The summed E-state index contributed by atoms with van der Waals surface area (Å²) in [7, 11) is 4.04. The van der Waals surface area contributed by atoms with Crippen molar-refractivity contribution in [1.82, 2.24) is 10.2 Å². The zero-order chi connectivity index (χ0) is 13.1. The molecule has 0 aromatic heterocycles. The van der Waals surface area contributed by atoms with Gasteiger partial charge in [-0.1, -0.05) is 13.8 Å². The fourth-order valence-electron chi connectivity index (χ4n) is 2.15. The molecule has 2 unspecified atom stereocenters. The van der Waals surface area contributed by atoms with Crippen molar-refractivity contribution in [3.63, 3.8) is 0 Å². The molecule has 0 aliphatic carbocycles. The van der Waals surface area contributed by atoms with Gasteiger partial charge in [0.05, 0.1) is 6.61 Å². The molecule has 0 radical (unpaired) electrons. The van der Waals surface area contributed by atoms with Crippen molar-refractivity contribution in [2.24, 2.45) is 11.7 Å². The van der Waals surface area contributed by atoms with Gasteiger partial charge in [-0.05, 0) is 26.4 Å². The van der Waals surface area contributed by atoms with Crippen LogP contribution < -0.4 is 11.1 Å². The van der Waals surface area contributed by atoms with Crippen LogP contribution in [0.5, 0.6) is 0 Å². The van der Waals surface area contributed by atoms with Crippen LogP contribution >= 0.6 is 0 Å². The number of hydrogen-bond donors (Lipinski definition) is 2. The normalized spacial score (nSPS) is 26.5. The van der Waals surface area contributed by atoms with Crippen LogP contribution in [0, 0.1) is 5.92 Å². The second-order valence-electron chi connectivity index (χ2n) is 5.44. The number of nitrogens with one attached hydrogen (secondary N) is 1. The third-order valence-electron chi connectivity index (χ3n) is 3.41. The Hall–Kier alpha value is -0.650. The van der Waals surface area contributed by atoms with Crippen molar-refractivity contribution >= 4 is 5.91 Å². The van der Waals surface area contributed by atoms with Gasteiger partial charge in [-0.3, -0.25) is 4.79 Å². The van der Waals surface area contributed by atoms with E-state index < -0.39 is 5.54 Å². The summed E-state index contributed by atoms with van der Waals surface area (Å²) in [5.41, 5.74) is 5.16. The number of carbonyl (C=O) groups excluding carboxylic acids is 1. The molecule has 0 saturated carbocycles. The number of carbonyl (C=O) groups is 1. The van der Waals surface area contributed by atoms with E-state index in [2.05, 4.69) is 24.1 Å². The van der Waals surface area contributed by atoms with Gasteiger partial charge in [0.15, 0.2) is 0 Å². The molecule has 1 saturated heterocycles. The molecular weight excluding hydrogens is 218 g/mol. The summed E-state index contributed by atoms with van der Waals surface area (Å²) in [5.74, 6) is 0.390. The number of likely N-dealkylation sites (N-methyl/N-ethyl adjacent to an activating group) is 1. The monoisotopic (exact) mass is 243 g/mol. The highest BCUT2D eigenvalue weighted by Gasteiger charge is 2.38.